The van der Waals surface area contributed by atoms with Crippen LogP contribution in [0.25, 0.3) is 5.69 Å². The molecule has 1 aliphatic heterocycles. The number of carbonyl (C=O) groups excluding carboxylic acids is 1. The van der Waals surface area contributed by atoms with Crippen LogP contribution < -0.4 is 5.73 Å². The molecule has 6 heteroatoms. The second kappa shape index (κ2) is 6.84. The van der Waals surface area contributed by atoms with Crippen LogP contribution in [0.2, 0.25) is 0 Å². The Bertz CT molecular complexity index is 697. The summed E-state index contributed by atoms with van der Waals surface area (Å²) in [7, 11) is 0. The topological polar surface area (TPSA) is 64.2 Å². The SMILES string of the molecule is CC(N)C1CCCCN1C(=O)c1cnn(-c2cccc(Br)c2)c1. The van der Waals surface area contributed by atoms with E-state index in [2.05, 4.69) is 21.0 Å². The van der Waals surface area contributed by atoms with Crippen molar-refractivity contribution in [2.75, 3.05) is 6.54 Å². The number of nitrogens with two attached hydrogens (primary N) is 1. The van der Waals surface area contributed by atoms with Crippen molar-refractivity contribution in [3.05, 3.63) is 46.7 Å². The molecule has 2 atom stereocenters. The van der Waals surface area contributed by atoms with Crippen molar-refractivity contribution in [3.63, 3.8) is 0 Å². The summed E-state index contributed by atoms with van der Waals surface area (Å²) in [6, 6.07) is 7.93. The number of hydrogen-bond donors (Lipinski definition) is 1. The van der Waals surface area contributed by atoms with Gasteiger partial charge < -0.3 is 10.6 Å². The van der Waals surface area contributed by atoms with Gasteiger partial charge in [-0.05, 0) is 44.4 Å². The van der Waals surface area contributed by atoms with E-state index < -0.39 is 0 Å². The second-order valence-electron chi connectivity index (χ2n) is 6.07. The van der Waals surface area contributed by atoms with E-state index in [4.69, 9.17) is 5.73 Å². The van der Waals surface area contributed by atoms with Gasteiger partial charge >= 0.3 is 0 Å². The van der Waals surface area contributed by atoms with Crippen LogP contribution in [0.5, 0.6) is 0 Å². The largest absolute Gasteiger partial charge is 0.334 e. The van der Waals surface area contributed by atoms with Crippen LogP contribution >= 0.6 is 15.9 Å². The molecule has 0 radical (unpaired) electrons. The highest BCUT2D eigenvalue weighted by atomic mass is 79.9. The summed E-state index contributed by atoms with van der Waals surface area (Å²) >= 11 is 3.45. The molecular formula is C17H21BrN4O. The molecule has 2 heterocycles. The summed E-state index contributed by atoms with van der Waals surface area (Å²) in [5, 5.41) is 4.33. The van der Waals surface area contributed by atoms with Crippen molar-refractivity contribution in [2.45, 2.75) is 38.3 Å². The number of aromatic nitrogens is 2. The van der Waals surface area contributed by atoms with Gasteiger partial charge in [0, 0.05) is 29.3 Å². The maximum absolute atomic E-state index is 12.8. The van der Waals surface area contributed by atoms with E-state index in [0.29, 0.717) is 5.56 Å². The fourth-order valence-electron chi connectivity index (χ4n) is 3.12. The summed E-state index contributed by atoms with van der Waals surface area (Å²) < 4.78 is 2.70. The lowest BCUT2D eigenvalue weighted by molar-refractivity contribution is 0.0584. The number of hydrogen-bond acceptors (Lipinski definition) is 3. The highest BCUT2D eigenvalue weighted by Gasteiger charge is 2.30. The highest BCUT2D eigenvalue weighted by molar-refractivity contribution is 9.10. The Morgan fingerprint density at radius 1 is 1.43 bits per heavy atom. The summed E-state index contributed by atoms with van der Waals surface area (Å²) in [5.74, 6) is 0.0215. The maximum atomic E-state index is 12.8. The monoisotopic (exact) mass is 376 g/mol. The van der Waals surface area contributed by atoms with Gasteiger partial charge in [0.05, 0.1) is 17.4 Å². The lowest BCUT2D eigenvalue weighted by Crippen LogP contribution is -2.51. The minimum atomic E-state index is -0.0145. The summed E-state index contributed by atoms with van der Waals surface area (Å²) in [4.78, 5) is 14.7. The van der Waals surface area contributed by atoms with E-state index >= 15 is 0 Å². The molecule has 3 rings (SSSR count). The average molecular weight is 377 g/mol. The Morgan fingerprint density at radius 2 is 2.26 bits per heavy atom. The van der Waals surface area contributed by atoms with Crippen molar-refractivity contribution >= 4 is 21.8 Å². The molecule has 1 saturated heterocycles. The molecule has 0 spiro atoms. The molecular weight excluding hydrogens is 356 g/mol. The Labute approximate surface area is 144 Å². The molecule has 0 bridgehead atoms. The third kappa shape index (κ3) is 3.48. The molecule has 5 nitrogen and oxygen atoms in total. The van der Waals surface area contributed by atoms with Crippen LogP contribution in [0.4, 0.5) is 0 Å². The molecule has 1 aromatic carbocycles. The zero-order chi connectivity index (χ0) is 16.4. The lowest BCUT2D eigenvalue weighted by atomic mass is 9.96. The number of nitrogens with zero attached hydrogens (tertiary/aromatic N) is 3. The fourth-order valence-corrected chi connectivity index (χ4v) is 3.50. The van der Waals surface area contributed by atoms with Gasteiger partial charge in [-0.15, -0.1) is 0 Å². The molecule has 0 aliphatic carbocycles. The zero-order valence-electron chi connectivity index (χ0n) is 13.2. The summed E-state index contributed by atoms with van der Waals surface area (Å²) in [6.07, 6.45) is 6.57. The Balaban J connectivity index is 1.83. The number of likely N-dealkylation sites (tertiary alicyclic amines) is 1. The van der Waals surface area contributed by atoms with Gasteiger partial charge in [-0.1, -0.05) is 22.0 Å². The van der Waals surface area contributed by atoms with E-state index in [1.807, 2.05) is 36.1 Å². The molecule has 2 N–H and O–H groups in total. The fraction of sp³-hybridized carbons (Fsp3) is 0.412. The first-order valence-corrected chi connectivity index (χ1v) is 8.73. The highest BCUT2D eigenvalue weighted by Crippen LogP contribution is 2.22. The molecule has 1 amide bonds. The van der Waals surface area contributed by atoms with Crippen LogP contribution in [0.3, 0.4) is 0 Å². The smallest absolute Gasteiger partial charge is 0.257 e. The third-order valence-corrected chi connectivity index (χ3v) is 4.81. The van der Waals surface area contributed by atoms with E-state index in [0.717, 1.165) is 36.0 Å². The van der Waals surface area contributed by atoms with Crippen molar-refractivity contribution in [2.24, 2.45) is 5.73 Å². The number of halogens is 1. The van der Waals surface area contributed by atoms with Crippen LogP contribution in [-0.4, -0.2) is 39.2 Å². The Hall–Kier alpha value is -1.66. The molecule has 23 heavy (non-hydrogen) atoms. The van der Waals surface area contributed by atoms with Crippen LogP contribution in [0.1, 0.15) is 36.5 Å². The van der Waals surface area contributed by atoms with Gasteiger partial charge in [0.25, 0.3) is 5.91 Å². The minimum absolute atomic E-state index is 0.0145. The third-order valence-electron chi connectivity index (χ3n) is 4.32. The quantitative estimate of drug-likeness (QED) is 0.895. The number of carbonyl (C=O) groups is 1. The second-order valence-corrected chi connectivity index (χ2v) is 6.99. The molecule has 122 valence electrons. The van der Waals surface area contributed by atoms with Gasteiger partial charge in [0.2, 0.25) is 0 Å². The maximum Gasteiger partial charge on any atom is 0.257 e. The Kier molecular flexibility index (Phi) is 4.82. The van der Waals surface area contributed by atoms with Crippen LogP contribution in [0, 0.1) is 0 Å². The van der Waals surface area contributed by atoms with E-state index in [1.54, 1.807) is 17.1 Å². The predicted octanol–water partition coefficient (Wildman–Crippen LogP) is 2.98. The molecule has 1 aromatic heterocycles. The minimum Gasteiger partial charge on any atom is -0.334 e. The van der Waals surface area contributed by atoms with Crippen molar-refractivity contribution in [3.8, 4) is 5.69 Å². The van der Waals surface area contributed by atoms with Gasteiger partial charge in [-0.25, -0.2) is 4.68 Å². The zero-order valence-corrected chi connectivity index (χ0v) is 14.7. The van der Waals surface area contributed by atoms with Crippen LogP contribution in [-0.2, 0) is 0 Å². The van der Waals surface area contributed by atoms with Gasteiger partial charge in [-0.3, -0.25) is 4.79 Å². The van der Waals surface area contributed by atoms with Gasteiger partial charge in [-0.2, -0.15) is 5.10 Å². The van der Waals surface area contributed by atoms with Gasteiger partial charge in [0.15, 0.2) is 0 Å². The van der Waals surface area contributed by atoms with E-state index in [9.17, 15) is 4.79 Å². The molecule has 2 unspecified atom stereocenters. The lowest BCUT2D eigenvalue weighted by Gasteiger charge is -2.37. The van der Waals surface area contributed by atoms with Crippen molar-refractivity contribution in [1.29, 1.82) is 0 Å². The molecule has 0 saturated carbocycles. The average Bonchev–Trinajstić information content (AvgIpc) is 3.04. The number of benzene rings is 1. The number of piperidine rings is 1. The van der Waals surface area contributed by atoms with Crippen molar-refractivity contribution < 1.29 is 4.79 Å². The van der Waals surface area contributed by atoms with E-state index in [1.165, 1.54) is 0 Å². The summed E-state index contributed by atoms with van der Waals surface area (Å²) in [6.45, 7) is 2.74. The van der Waals surface area contributed by atoms with Gasteiger partial charge in [0.1, 0.15) is 0 Å². The number of rotatable bonds is 3. The predicted molar refractivity (Wildman–Crippen MR) is 93.6 cm³/mol. The normalized spacial score (nSPS) is 19.6. The summed E-state index contributed by atoms with van der Waals surface area (Å²) in [5.41, 5.74) is 7.59. The standard InChI is InChI=1S/C17H21BrN4O/c1-12(19)16-7-2-3-8-21(16)17(23)13-10-20-22(11-13)15-6-4-5-14(18)9-15/h4-6,9-12,16H,2-3,7-8,19H2,1H3. The molecule has 2 aromatic rings. The van der Waals surface area contributed by atoms with E-state index in [-0.39, 0.29) is 18.0 Å². The number of amides is 1. The first-order chi connectivity index (χ1) is 11.1. The Morgan fingerprint density at radius 3 is 3.00 bits per heavy atom. The van der Waals surface area contributed by atoms with Crippen LogP contribution in [0.15, 0.2) is 41.1 Å². The molecule has 1 aliphatic rings. The van der Waals surface area contributed by atoms with Crippen molar-refractivity contribution in [1.82, 2.24) is 14.7 Å². The first kappa shape index (κ1) is 16.2. The molecule has 1 fully saturated rings. The first-order valence-electron chi connectivity index (χ1n) is 7.93.